The number of fused-ring (bicyclic) bond motifs is 1. The van der Waals surface area contributed by atoms with E-state index in [4.69, 9.17) is 10.8 Å². The largest absolute Gasteiger partial charge is 0.481 e. The molecule has 1 aromatic carbocycles. The summed E-state index contributed by atoms with van der Waals surface area (Å²) in [6, 6.07) is 7.98. The molecule has 0 aromatic heterocycles. The molecular weight excluding hydrogens is 214 g/mol. The Hall–Kier alpha value is -1.35. The van der Waals surface area contributed by atoms with Gasteiger partial charge in [-0.05, 0) is 37.3 Å². The topological polar surface area (TPSA) is 63.3 Å². The van der Waals surface area contributed by atoms with Crippen LogP contribution < -0.4 is 5.73 Å². The lowest BCUT2D eigenvalue weighted by Gasteiger charge is -2.41. The third kappa shape index (κ3) is 2.07. The Morgan fingerprint density at radius 3 is 2.88 bits per heavy atom. The van der Waals surface area contributed by atoms with Crippen molar-refractivity contribution < 1.29 is 9.90 Å². The van der Waals surface area contributed by atoms with Gasteiger partial charge in [0, 0.05) is 11.5 Å². The van der Waals surface area contributed by atoms with Crippen molar-refractivity contribution in [2.75, 3.05) is 0 Å². The third-order valence-electron chi connectivity index (χ3n) is 3.96. The average Bonchev–Trinajstić information content (AvgIpc) is 2.28. The summed E-state index contributed by atoms with van der Waals surface area (Å²) < 4.78 is 0. The molecule has 0 heterocycles. The van der Waals surface area contributed by atoms with Crippen molar-refractivity contribution >= 4 is 5.97 Å². The molecule has 92 valence electrons. The number of hydrogen-bond acceptors (Lipinski definition) is 2. The van der Waals surface area contributed by atoms with Crippen molar-refractivity contribution in [3.05, 3.63) is 35.4 Å². The molecule has 0 fully saturated rings. The number of hydrogen-bond donors (Lipinski definition) is 2. The third-order valence-corrected chi connectivity index (χ3v) is 3.96. The Morgan fingerprint density at radius 2 is 2.24 bits per heavy atom. The van der Waals surface area contributed by atoms with Crippen LogP contribution >= 0.6 is 0 Å². The molecule has 3 N–H and O–H groups in total. The molecule has 2 atom stereocenters. The first kappa shape index (κ1) is 12.1. The summed E-state index contributed by atoms with van der Waals surface area (Å²) in [7, 11) is 0. The van der Waals surface area contributed by atoms with Crippen LogP contribution in [-0.4, -0.2) is 17.1 Å². The van der Waals surface area contributed by atoms with Crippen LogP contribution in [0.2, 0.25) is 0 Å². The van der Waals surface area contributed by atoms with Crippen LogP contribution in [0.15, 0.2) is 24.3 Å². The number of aryl methyl sites for hydroxylation is 1. The second-order valence-corrected chi connectivity index (χ2v) is 5.03. The minimum Gasteiger partial charge on any atom is -0.481 e. The fraction of sp³-hybridized carbons (Fsp3) is 0.500. The molecule has 0 saturated heterocycles. The molecule has 3 heteroatoms. The molecule has 17 heavy (non-hydrogen) atoms. The molecule has 0 bridgehead atoms. The van der Waals surface area contributed by atoms with Crippen LogP contribution in [-0.2, 0) is 16.6 Å². The number of rotatable bonds is 3. The fourth-order valence-corrected chi connectivity index (χ4v) is 3.04. The van der Waals surface area contributed by atoms with Crippen LogP contribution in [0.4, 0.5) is 0 Å². The first-order valence-corrected chi connectivity index (χ1v) is 6.12. The summed E-state index contributed by atoms with van der Waals surface area (Å²) in [5, 5.41) is 9.15. The highest BCUT2D eigenvalue weighted by atomic mass is 16.4. The van der Waals surface area contributed by atoms with Crippen molar-refractivity contribution in [3.63, 3.8) is 0 Å². The molecule has 2 rings (SSSR count). The molecule has 2 unspecified atom stereocenters. The minimum atomic E-state index is -0.765. The van der Waals surface area contributed by atoms with Crippen LogP contribution in [0.1, 0.15) is 37.3 Å². The molecule has 0 spiro atoms. The number of carboxylic acid groups (broad SMARTS) is 1. The maximum absolute atomic E-state index is 11.1. The summed E-state index contributed by atoms with van der Waals surface area (Å²) >= 11 is 0. The molecule has 0 aliphatic heterocycles. The molecule has 1 aliphatic carbocycles. The molecule has 1 aromatic rings. The highest BCUT2D eigenvalue weighted by molar-refractivity contribution is 5.69. The number of carboxylic acids is 1. The van der Waals surface area contributed by atoms with Gasteiger partial charge in [0.2, 0.25) is 0 Å². The van der Waals surface area contributed by atoms with E-state index in [-0.39, 0.29) is 17.9 Å². The summed E-state index contributed by atoms with van der Waals surface area (Å²) in [5.74, 6) is -0.765. The maximum atomic E-state index is 11.1. The van der Waals surface area contributed by atoms with Gasteiger partial charge in [0.05, 0.1) is 6.42 Å². The van der Waals surface area contributed by atoms with Gasteiger partial charge in [-0.3, -0.25) is 4.79 Å². The van der Waals surface area contributed by atoms with Gasteiger partial charge in [0.25, 0.3) is 0 Å². The van der Waals surface area contributed by atoms with Crippen molar-refractivity contribution in [3.8, 4) is 0 Å². The van der Waals surface area contributed by atoms with Crippen LogP contribution in [0, 0.1) is 0 Å². The van der Waals surface area contributed by atoms with Crippen LogP contribution in [0.5, 0.6) is 0 Å². The Bertz CT molecular complexity index is 428. The van der Waals surface area contributed by atoms with Crippen molar-refractivity contribution in [1.82, 2.24) is 0 Å². The van der Waals surface area contributed by atoms with Gasteiger partial charge in [-0.2, -0.15) is 0 Å². The Balaban J connectivity index is 2.51. The van der Waals surface area contributed by atoms with Crippen LogP contribution in [0.3, 0.4) is 0 Å². The number of carbonyl (C=O) groups is 1. The SMILES string of the molecule is CC(N)C1(CC(=O)O)CCCc2ccccc21. The van der Waals surface area contributed by atoms with Gasteiger partial charge in [-0.25, -0.2) is 0 Å². The predicted molar refractivity (Wildman–Crippen MR) is 67.0 cm³/mol. The highest BCUT2D eigenvalue weighted by Crippen LogP contribution is 2.41. The van der Waals surface area contributed by atoms with E-state index in [9.17, 15) is 4.79 Å². The molecule has 1 aliphatic rings. The van der Waals surface area contributed by atoms with Gasteiger partial charge in [0.1, 0.15) is 0 Å². The second-order valence-electron chi connectivity index (χ2n) is 5.03. The maximum Gasteiger partial charge on any atom is 0.304 e. The Morgan fingerprint density at radius 1 is 1.53 bits per heavy atom. The zero-order chi connectivity index (χ0) is 12.5. The standard InChI is InChI=1S/C14H19NO2/c1-10(15)14(9-13(16)17)8-4-6-11-5-2-3-7-12(11)14/h2-3,5,7,10H,4,6,8-9,15H2,1H3,(H,16,17). The number of benzene rings is 1. The summed E-state index contributed by atoms with van der Waals surface area (Å²) in [6.45, 7) is 1.92. The van der Waals surface area contributed by atoms with Gasteiger partial charge in [0.15, 0.2) is 0 Å². The first-order chi connectivity index (χ1) is 8.06. The summed E-state index contributed by atoms with van der Waals surface area (Å²) in [5.41, 5.74) is 8.12. The Labute approximate surface area is 102 Å². The lowest BCUT2D eigenvalue weighted by molar-refractivity contribution is -0.139. The summed E-state index contributed by atoms with van der Waals surface area (Å²) in [6.07, 6.45) is 3.05. The van der Waals surface area contributed by atoms with E-state index in [1.807, 2.05) is 25.1 Å². The van der Waals surface area contributed by atoms with E-state index < -0.39 is 5.97 Å². The number of aliphatic carboxylic acids is 1. The highest BCUT2D eigenvalue weighted by Gasteiger charge is 2.41. The molecule has 0 saturated carbocycles. The van der Waals surface area contributed by atoms with Crippen molar-refractivity contribution in [1.29, 1.82) is 0 Å². The second kappa shape index (κ2) is 4.49. The van der Waals surface area contributed by atoms with E-state index in [1.54, 1.807) is 0 Å². The van der Waals surface area contributed by atoms with Crippen molar-refractivity contribution in [2.45, 2.75) is 44.1 Å². The smallest absolute Gasteiger partial charge is 0.304 e. The normalized spacial score (nSPS) is 25.1. The average molecular weight is 233 g/mol. The molecule has 0 amide bonds. The lowest BCUT2D eigenvalue weighted by atomic mass is 9.64. The molecule has 3 nitrogen and oxygen atoms in total. The van der Waals surface area contributed by atoms with E-state index >= 15 is 0 Å². The van der Waals surface area contributed by atoms with Gasteiger partial charge >= 0.3 is 5.97 Å². The minimum absolute atomic E-state index is 0.127. The van der Waals surface area contributed by atoms with E-state index in [1.165, 1.54) is 5.56 Å². The lowest BCUT2D eigenvalue weighted by Crippen LogP contribution is -2.47. The van der Waals surface area contributed by atoms with Gasteiger partial charge in [-0.1, -0.05) is 24.3 Å². The van der Waals surface area contributed by atoms with E-state index in [0.29, 0.717) is 0 Å². The molecule has 0 radical (unpaired) electrons. The fourth-order valence-electron chi connectivity index (χ4n) is 3.04. The van der Waals surface area contributed by atoms with E-state index in [2.05, 4.69) is 6.07 Å². The summed E-state index contributed by atoms with van der Waals surface area (Å²) in [4.78, 5) is 11.1. The predicted octanol–water partition coefficient (Wildman–Crippen LogP) is 2.08. The molecular formula is C14H19NO2. The van der Waals surface area contributed by atoms with Crippen molar-refractivity contribution in [2.24, 2.45) is 5.73 Å². The Kier molecular flexibility index (Phi) is 3.20. The zero-order valence-corrected chi connectivity index (χ0v) is 10.1. The quantitative estimate of drug-likeness (QED) is 0.840. The van der Waals surface area contributed by atoms with Gasteiger partial charge in [-0.15, -0.1) is 0 Å². The van der Waals surface area contributed by atoms with Crippen LogP contribution in [0.25, 0.3) is 0 Å². The monoisotopic (exact) mass is 233 g/mol. The first-order valence-electron chi connectivity index (χ1n) is 6.12. The van der Waals surface area contributed by atoms with Gasteiger partial charge < -0.3 is 10.8 Å². The van der Waals surface area contributed by atoms with E-state index in [0.717, 1.165) is 24.8 Å². The zero-order valence-electron chi connectivity index (χ0n) is 10.1. The number of nitrogens with two attached hydrogens (primary N) is 1.